The number of carboxylic acids is 1. The van der Waals surface area contributed by atoms with Gasteiger partial charge >= 0.3 is 5.97 Å². The zero-order valence-electron chi connectivity index (χ0n) is 22.3. The van der Waals surface area contributed by atoms with Gasteiger partial charge in [-0.25, -0.2) is 9.18 Å². The standard InChI is InChI=1S/C30H38FN3O3/c1-5-30(32,23-14-10-21(11-15-23)27(36)37)34-26(35)25(20-12-16-24(31)17-13-20)33-29(34)18-6-8-22(9-7-19-29)28(2,3)4/h10-17,22H,5-9,18-19,32H2,1-4H3,(H,36,37). The maximum atomic E-state index is 14.2. The predicted octanol–water partition coefficient (Wildman–Crippen LogP) is 6.09. The average molecular weight is 508 g/mol. The molecule has 2 aliphatic rings. The molecule has 1 atom stereocenters. The average Bonchev–Trinajstić information content (AvgIpc) is 3.13. The molecule has 6 nitrogen and oxygen atoms in total. The van der Waals surface area contributed by atoms with Crippen molar-refractivity contribution in [2.45, 2.75) is 84.0 Å². The minimum Gasteiger partial charge on any atom is -0.478 e. The molecule has 37 heavy (non-hydrogen) atoms. The molecule has 1 spiro atoms. The van der Waals surface area contributed by atoms with Crippen molar-refractivity contribution in [3.63, 3.8) is 0 Å². The lowest BCUT2D eigenvalue weighted by Crippen LogP contribution is -2.63. The van der Waals surface area contributed by atoms with E-state index in [1.54, 1.807) is 29.2 Å². The van der Waals surface area contributed by atoms with Gasteiger partial charge in [0.15, 0.2) is 0 Å². The Hall–Kier alpha value is -3.06. The van der Waals surface area contributed by atoms with Gasteiger partial charge in [-0.15, -0.1) is 0 Å². The van der Waals surface area contributed by atoms with Crippen LogP contribution in [0.1, 0.15) is 94.1 Å². The van der Waals surface area contributed by atoms with Gasteiger partial charge in [-0.2, -0.15) is 0 Å². The number of hydrogen-bond donors (Lipinski definition) is 2. The van der Waals surface area contributed by atoms with E-state index in [2.05, 4.69) is 20.8 Å². The normalized spacial score (nSPS) is 24.4. The number of nitrogens with two attached hydrogens (primary N) is 1. The van der Waals surface area contributed by atoms with Crippen LogP contribution in [0.3, 0.4) is 0 Å². The Labute approximate surface area is 218 Å². The highest BCUT2D eigenvalue weighted by Crippen LogP contribution is 2.47. The second kappa shape index (κ2) is 10.0. The number of carbonyl (C=O) groups is 2. The Bertz CT molecular complexity index is 1170. The first-order chi connectivity index (χ1) is 17.4. The Kier molecular flexibility index (Phi) is 7.30. The smallest absolute Gasteiger partial charge is 0.335 e. The summed E-state index contributed by atoms with van der Waals surface area (Å²) in [5, 5.41) is 9.36. The highest BCUT2D eigenvalue weighted by molar-refractivity contribution is 6.46. The van der Waals surface area contributed by atoms with Crippen LogP contribution < -0.4 is 5.73 Å². The first-order valence-electron chi connectivity index (χ1n) is 13.2. The van der Waals surface area contributed by atoms with Gasteiger partial charge in [0.1, 0.15) is 22.9 Å². The molecule has 0 saturated heterocycles. The van der Waals surface area contributed by atoms with E-state index in [1.807, 2.05) is 6.92 Å². The number of carbonyl (C=O) groups excluding carboxylic acids is 1. The van der Waals surface area contributed by atoms with Crippen molar-refractivity contribution >= 4 is 17.6 Å². The quantitative estimate of drug-likeness (QED) is 0.512. The van der Waals surface area contributed by atoms with Gasteiger partial charge < -0.3 is 10.8 Å². The van der Waals surface area contributed by atoms with Crippen molar-refractivity contribution in [2.75, 3.05) is 0 Å². The Morgan fingerprint density at radius 3 is 2.14 bits per heavy atom. The van der Waals surface area contributed by atoms with Crippen LogP contribution in [0.5, 0.6) is 0 Å². The lowest BCUT2D eigenvalue weighted by Gasteiger charge is -2.49. The van der Waals surface area contributed by atoms with Crippen molar-refractivity contribution in [3.8, 4) is 0 Å². The van der Waals surface area contributed by atoms with Gasteiger partial charge in [0.25, 0.3) is 5.91 Å². The van der Waals surface area contributed by atoms with E-state index in [0.29, 0.717) is 42.0 Å². The fourth-order valence-electron chi connectivity index (χ4n) is 6.08. The largest absolute Gasteiger partial charge is 0.478 e. The van der Waals surface area contributed by atoms with E-state index >= 15 is 0 Å². The van der Waals surface area contributed by atoms with Gasteiger partial charge in [-0.1, -0.05) is 39.8 Å². The predicted molar refractivity (Wildman–Crippen MR) is 143 cm³/mol. The molecule has 4 rings (SSSR count). The van der Waals surface area contributed by atoms with Crippen LogP contribution in [0.25, 0.3) is 0 Å². The molecule has 1 aliphatic carbocycles. The minimum atomic E-state index is -1.19. The second-order valence-corrected chi connectivity index (χ2v) is 11.6. The molecule has 1 aliphatic heterocycles. The number of amides is 1. The number of rotatable bonds is 5. The third-order valence-corrected chi connectivity index (χ3v) is 8.31. The van der Waals surface area contributed by atoms with E-state index in [4.69, 9.17) is 10.7 Å². The molecule has 7 heteroatoms. The molecule has 2 aromatic rings. The summed E-state index contributed by atoms with van der Waals surface area (Å²) in [6.45, 7) is 8.79. The maximum Gasteiger partial charge on any atom is 0.335 e. The van der Waals surface area contributed by atoms with Crippen molar-refractivity contribution in [3.05, 3.63) is 71.0 Å². The van der Waals surface area contributed by atoms with E-state index < -0.39 is 17.3 Å². The molecule has 0 bridgehead atoms. The number of nitrogens with zero attached hydrogens (tertiary/aromatic N) is 2. The first kappa shape index (κ1) is 27.0. The fourth-order valence-corrected chi connectivity index (χ4v) is 6.08. The summed E-state index contributed by atoms with van der Waals surface area (Å²) in [6.07, 6.45) is 5.69. The fraction of sp³-hybridized carbons (Fsp3) is 0.500. The third-order valence-electron chi connectivity index (χ3n) is 8.31. The summed E-state index contributed by atoms with van der Waals surface area (Å²) in [5.41, 5.74) is 7.02. The SMILES string of the molecule is CCC(N)(c1ccc(C(=O)O)cc1)N1C(=O)C(c2ccc(F)cc2)=NC12CCCC(C(C)(C)C)CCC2. The molecule has 0 aromatic heterocycles. The summed E-state index contributed by atoms with van der Waals surface area (Å²) in [5.74, 6) is -1.07. The van der Waals surface area contributed by atoms with Crippen molar-refractivity contribution < 1.29 is 19.1 Å². The topological polar surface area (TPSA) is 96.0 Å². The Morgan fingerprint density at radius 2 is 1.65 bits per heavy atom. The van der Waals surface area contributed by atoms with Crippen LogP contribution >= 0.6 is 0 Å². The summed E-state index contributed by atoms with van der Waals surface area (Å²) in [6, 6.07) is 12.3. The van der Waals surface area contributed by atoms with Gasteiger partial charge in [0.05, 0.1) is 5.56 Å². The van der Waals surface area contributed by atoms with E-state index in [1.165, 1.54) is 24.3 Å². The number of benzene rings is 2. The highest BCUT2D eigenvalue weighted by Gasteiger charge is 2.55. The summed E-state index contributed by atoms with van der Waals surface area (Å²) in [4.78, 5) is 32.5. The van der Waals surface area contributed by atoms with Crippen molar-refractivity contribution in [1.82, 2.24) is 4.90 Å². The van der Waals surface area contributed by atoms with Crippen LogP contribution in [0.4, 0.5) is 4.39 Å². The minimum absolute atomic E-state index is 0.159. The van der Waals surface area contributed by atoms with Crippen LogP contribution in [-0.2, 0) is 10.5 Å². The van der Waals surface area contributed by atoms with Crippen LogP contribution in [0, 0.1) is 17.2 Å². The molecule has 1 unspecified atom stereocenters. The van der Waals surface area contributed by atoms with Gasteiger partial charge in [0, 0.05) is 5.56 Å². The zero-order valence-corrected chi connectivity index (χ0v) is 22.3. The third kappa shape index (κ3) is 5.06. The maximum absolute atomic E-state index is 14.2. The highest BCUT2D eigenvalue weighted by atomic mass is 19.1. The zero-order chi connectivity index (χ0) is 27.0. The summed E-state index contributed by atoms with van der Waals surface area (Å²) >= 11 is 0. The molecular weight excluding hydrogens is 469 g/mol. The van der Waals surface area contributed by atoms with Gasteiger partial charge in [-0.05, 0) is 98.2 Å². The lowest BCUT2D eigenvalue weighted by molar-refractivity contribution is -0.139. The Morgan fingerprint density at radius 1 is 1.08 bits per heavy atom. The first-order valence-corrected chi connectivity index (χ1v) is 13.2. The number of carboxylic acid groups (broad SMARTS) is 1. The lowest BCUT2D eigenvalue weighted by atomic mass is 9.72. The van der Waals surface area contributed by atoms with E-state index in [0.717, 1.165) is 25.7 Å². The summed E-state index contributed by atoms with van der Waals surface area (Å²) < 4.78 is 13.7. The van der Waals surface area contributed by atoms with Gasteiger partial charge in [0.2, 0.25) is 0 Å². The van der Waals surface area contributed by atoms with Crippen LogP contribution in [0.2, 0.25) is 0 Å². The molecular formula is C30H38FN3O3. The molecule has 1 saturated carbocycles. The van der Waals surface area contributed by atoms with Crippen molar-refractivity contribution in [1.29, 1.82) is 0 Å². The number of hydrogen-bond acceptors (Lipinski definition) is 4. The van der Waals surface area contributed by atoms with Crippen LogP contribution in [0.15, 0.2) is 53.5 Å². The van der Waals surface area contributed by atoms with Crippen molar-refractivity contribution in [2.24, 2.45) is 22.1 Å². The van der Waals surface area contributed by atoms with Crippen LogP contribution in [-0.4, -0.2) is 33.3 Å². The monoisotopic (exact) mass is 507 g/mol. The van der Waals surface area contributed by atoms with E-state index in [-0.39, 0.29) is 22.7 Å². The second-order valence-electron chi connectivity index (χ2n) is 11.6. The molecule has 0 radical (unpaired) electrons. The number of aliphatic imine (C=N–C) groups is 1. The summed E-state index contributed by atoms with van der Waals surface area (Å²) in [7, 11) is 0. The molecule has 1 amide bonds. The molecule has 1 heterocycles. The molecule has 3 N–H and O–H groups in total. The molecule has 2 aromatic carbocycles. The van der Waals surface area contributed by atoms with E-state index in [9.17, 15) is 19.1 Å². The molecule has 1 fully saturated rings. The molecule has 198 valence electrons. The Balaban J connectivity index is 1.79. The number of halogens is 1. The number of aromatic carboxylic acids is 1. The van der Waals surface area contributed by atoms with Gasteiger partial charge in [-0.3, -0.25) is 14.7 Å².